The first kappa shape index (κ1) is 18.0. The van der Waals surface area contributed by atoms with Crippen molar-refractivity contribution in [3.05, 3.63) is 40.5 Å². The number of benzene rings is 1. The van der Waals surface area contributed by atoms with Crippen molar-refractivity contribution in [2.75, 3.05) is 10.6 Å². The molecule has 4 nitrogen and oxygen atoms in total. The van der Waals surface area contributed by atoms with Crippen molar-refractivity contribution < 1.29 is 0 Å². The Kier molecular flexibility index (Phi) is 6.66. The van der Waals surface area contributed by atoms with E-state index in [-0.39, 0.29) is 12.4 Å². The monoisotopic (exact) mass is 396 g/mol. The molecule has 23 heavy (non-hydrogen) atoms. The molecule has 0 radical (unpaired) electrons. The summed E-state index contributed by atoms with van der Waals surface area (Å²) in [5.74, 6) is 1.55. The summed E-state index contributed by atoms with van der Waals surface area (Å²) in [6.07, 6.45) is 6.37. The third kappa shape index (κ3) is 5.36. The molecule has 0 unspecified atom stereocenters. The van der Waals surface area contributed by atoms with Gasteiger partial charge in [0.2, 0.25) is 5.95 Å². The highest BCUT2D eigenvalue weighted by Crippen LogP contribution is 2.23. The van der Waals surface area contributed by atoms with Gasteiger partial charge in [-0.1, -0.05) is 41.3 Å². The molecule has 1 aliphatic carbocycles. The van der Waals surface area contributed by atoms with Crippen molar-refractivity contribution >= 4 is 45.8 Å². The van der Waals surface area contributed by atoms with Crippen molar-refractivity contribution in [3.8, 4) is 0 Å². The molecule has 3 rings (SSSR count). The molecule has 2 N–H and O–H groups in total. The molecule has 1 fully saturated rings. The first-order valence-corrected chi connectivity index (χ1v) is 8.63. The highest BCUT2D eigenvalue weighted by molar-refractivity contribution is 9.10. The number of anilines is 3. The van der Waals surface area contributed by atoms with Crippen molar-refractivity contribution in [1.82, 2.24) is 9.97 Å². The van der Waals surface area contributed by atoms with Crippen molar-refractivity contribution in [3.63, 3.8) is 0 Å². The Morgan fingerprint density at radius 1 is 1.09 bits per heavy atom. The van der Waals surface area contributed by atoms with Crippen LogP contribution in [-0.4, -0.2) is 16.0 Å². The lowest BCUT2D eigenvalue weighted by molar-refractivity contribution is 0.461. The van der Waals surface area contributed by atoms with Gasteiger partial charge >= 0.3 is 0 Å². The topological polar surface area (TPSA) is 49.8 Å². The zero-order chi connectivity index (χ0) is 15.4. The van der Waals surface area contributed by atoms with E-state index in [2.05, 4.69) is 36.5 Å². The summed E-state index contributed by atoms with van der Waals surface area (Å²) in [5.41, 5.74) is 1.97. The standard InChI is InChI=1S/C17H21BrN4.ClH/c1-12-10-16(20-15-9-5-6-13(18)11-15)22-17(19-12)21-14-7-3-2-4-8-14;/h5-6,9-11,14H,2-4,7-8H2,1H3,(H2,19,20,21,22);1H. The van der Waals surface area contributed by atoms with E-state index in [4.69, 9.17) is 0 Å². The van der Waals surface area contributed by atoms with Gasteiger partial charge in [-0.2, -0.15) is 4.98 Å². The molecule has 0 atom stereocenters. The normalized spacial score (nSPS) is 14.9. The number of nitrogens with zero attached hydrogens (tertiary/aromatic N) is 2. The van der Waals surface area contributed by atoms with Gasteiger partial charge < -0.3 is 10.6 Å². The van der Waals surface area contributed by atoms with Gasteiger partial charge in [0.05, 0.1) is 0 Å². The van der Waals surface area contributed by atoms with Gasteiger partial charge in [-0.3, -0.25) is 0 Å². The van der Waals surface area contributed by atoms with Crippen LogP contribution in [0.3, 0.4) is 0 Å². The minimum absolute atomic E-state index is 0. The zero-order valence-corrected chi connectivity index (χ0v) is 15.6. The quantitative estimate of drug-likeness (QED) is 0.719. The van der Waals surface area contributed by atoms with Crippen LogP contribution in [0.4, 0.5) is 17.5 Å². The Morgan fingerprint density at radius 3 is 2.61 bits per heavy atom. The average molecular weight is 398 g/mol. The molecule has 1 aliphatic rings. The molecular weight excluding hydrogens is 376 g/mol. The van der Waals surface area contributed by atoms with Gasteiger partial charge in [-0.25, -0.2) is 4.98 Å². The lowest BCUT2D eigenvalue weighted by Gasteiger charge is -2.23. The Hall–Kier alpha value is -1.33. The molecule has 1 aromatic heterocycles. The van der Waals surface area contributed by atoms with Crippen LogP contribution in [0.1, 0.15) is 37.8 Å². The third-order valence-electron chi connectivity index (χ3n) is 3.89. The first-order valence-electron chi connectivity index (χ1n) is 7.84. The minimum Gasteiger partial charge on any atom is -0.351 e. The lowest BCUT2D eigenvalue weighted by Crippen LogP contribution is -2.23. The van der Waals surface area contributed by atoms with Crippen LogP contribution < -0.4 is 10.6 Å². The van der Waals surface area contributed by atoms with Crippen LogP contribution in [0.5, 0.6) is 0 Å². The average Bonchev–Trinajstić information content (AvgIpc) is 2.47. The summed E-state index contributed by atoms with van der Waals surface area (Å²) < 4.78 is 1.05. The highest BCUT2D eigenvalue weighted by atomic mass is 79.9. The fourth-order valence-corrected chi connectivity index (χ4v) is 3.24. The molecule has 0 bridgehead atoms. The third-order valence-corrected chi connectivity index (χ3v) is 4.38. The largest absolute Gasteiger partial charge is 0.351 e. The molecule has 0 aliphatic heterocycles. The molecule has 1 aromatic carbocycles. The molecule has 6 heteroatoms. The van der Waals surface area contributed by atoms with E-state index in [1.165, 1.54) is 32.1 Å². The SMILES string of the molecule is Cc1cc(Nc2cccc(Br)c2)nc(NC2CCCCC2)n1.Cl. The Balaban J connectivity index is 0.00000192. The molecule has 1 saturated carbocycles. The van der Waals surface area contributed by atoms with Crippen molar-refractivity contribution in [1.29, 1.82) is 0 Å². The number of nitrogens with one attached hydrogen (secondary N) is 2. The maximum Gasteiger partial charge on any atom is 0.225 e. The summed E-state index contributed by atoms with van der Waals surface area (Å²) >= 11 is 3.49. The fraction of sp³-hybridized carbons (Fsp3) is 0.412. The van der Waals surface area contributed by atoms with Gasteiger partial charge in [-0.05, 0) is 38.0 Å². The Morgan fingerprint density at radius 2 is 1.87 bits per heavy atom. The van der Waals surface area contributed by atoms with Gasteiger partial charge in [0, 0.05) is 28.0 Å². The van der Waals surface area contributed by atoms with Crippen LogP contribution in [0.2, 0.25) is 0 Å². The predicted molar refractivity (Wildman–Crippen MR) is 102 cm³/mol. The summed E-state index contributed by atoms with van der Waals surface area (Å²) in [5, 5.41) is 6.83. The minimum atomic E-state index is 0. The molecule has 0 spiro atoms. The van der Waals surface area contributed by atoms with E-state index < -0.39 is 0 Å². The number of aryl methyl sites for hydroxylation is 1. The second kappa shape index (κ2) is 8.50. The number of rotatable bonds is 4. The predicted octanol–water partition coefficient (Wildman–Crippen LogP) is 5.46. The fourth-order valence-electron chi connectivity index (χ4n) is 2.84. The molecule has 0 saturated heterocycles. The second-order valence-electron chi connectivity index (χ2n) is 5.83. The van der Waals surface area contributed by atoms with Gasteiger partial charge in [0.1, 0.15) is 5.82 Å². The number of halogens is 2. The highest BCUT2D eigenvalue weighted by Gasteiger charge is 2.14. The van der Waals surface area contributed by atoms with Gasteiger partial charge in [0.25, 0.3) is 0 Å². The summed E-state index contributed by atoms with van der Waals surface area (Å²) in [6.45, 7) is 2.00. The summed E-state index contributed by atoms with van der Waals surface area (Å²) in [7, 11) is 0. The summed E-state index contributed by atoms with van der Waals surface area (Å²) in [6, 6.07) is 10.5. The van der Waals surface area contributed by atoms with E-state index in [1.54, 1.807) is 0 Å². The van der Waals surface area contributed by atoms with Crippen LogP contribution in [0.15, 0.2) is 34.8 Å². The van der Waals surface area contributed by atoms with E-state index in [9.17, 15) is 0 Å². The van der Waals surface area contributed by atoms with E-state index in [1.807, 2.05) is 37.3 Å². The molecule has 0 amide bonds. The Labute approximate surface area is 152 Å². The molecule has 2 aromatic rings. The smallest absolute Gasteiger partial charge is 0.225 e. The van der Waals surface area contributed by atoms with Gasteiger partial charge in [-0.15, -0.1) is 12.4 Å². The Bertz CT molecular complexity index is 644. The molecule has 1 heterocycles. The number of hydrogen-bond donors (Lipinski definition) is 2. The maximum atomic E-state index is 4.60. The van der Waals surface area contributed by atoms with E-state index >= 15 is 0 Å². The van der Waals surface area contributed by atoms with Crippen LogP contribution in [0, 0.1) is 6.92 Å². The second-order valence-corrected chi connectivity index (χ2v) is 6.75. The zero-order valence-electron chi connectivity index (χ0n) is 13.2. The van der Waals surface area contributed by atoms with Crippen LogP contribution >= 0.6 is 28.3 Å². The first-order chi connectivity index (χ1) is 10.7. The van der Waals surface area contributed by atoms with Crippen LogP contribution in [0.25, 0.3) is 0 Å². The van der Waals surface area contributed by atoms with E-state index in [0.717, 1.165) is 27.6 Å². The lowest BCUT2D eigenvalue weighted by atomic mass is 9.96. The maximum absolute atomic E-state index is 4.60. The van der Waals surface area contributed by atoms with Gasteiger partial charge in [0.15, 0.2) is 0 Å². The van der Waals surface area contributed by atoms with Crippen LogP contribution in [-0.2, 0) is 0 Å². The van der Waals surface area contributed by atoms with E-state index in [0.29, 0.717) is 6.04 Å². The number of hydrogen-bond acceptors (Lipinski definition) is 4. The summed E-state index contributed by atoms with van der Waals surface area (Å²) in [4.78, 5) is 9.12. The van der Waals surface area contributed by atoms with Crippen molar-refractivity contribution in [2.24, 2.45) is 0 Å². The van der Waals surface area contributed by atoms with Crippen molar-refractivity contribution in [2.45, 2.75) is 45.1 Å². The molecular formula is C17H22BrClN4. The number of aromatic nitrogens is 2. The molecule has 124 valence electrons.